The van der Waals surface area contributed by atoms with E-state index in [4.69, 9.17) is 36.1 Å². The Hall–Kier alpha value is -3.09. The van der Waals surface area contributed by atoms with E-state index in [0.29, 0.717) is 6.61 Å². The first-order valence-electron chi connectivity index (χ1n) is 9.28. The second-order valence-corrected chi connectivity index (χ2v) is 7.20. The maximum Gasteiger partial charge on any atom is 0.414 e. The van der Waals surface area contributed by atoms with Crippen LogP contribution in [0.15, 0.2) is 66.7 Å². The lowest BCUT2D eigenvalue weighted by Crippen LogP contribution is -2.22. The SMILES string of the molecule is CN(C)C(CCOc1cccc2ccccc12)c1cccc(Cl)c1.O=C(O)C(=O)O. The molecule has 0 aliphatic rings. The molecule has 0 aliphatic heterocycles. The molecule has 6 nitrogen and oxygen atoms in total. The molecule has 7 heteroatoms. The third-order valence-corrected chi connectivity index (χ3v) is 4.67. The maximum atomic E-state index is 9.10. The van der Waals surface area contributed by atoms with Crippen LogP contribution in [0.25, 0.3) is 10.8 Å². The van der Waals surface area contributed by atoms with E-state index in [1.807, 2.05) is 42.5 Å². The van der Waals surface area contributed by atoms with E-state index in [2.05, 4.69) is 43.3 Å². The van der Waals surface area contributed by atoms with Crippen molar-refractivity contribution in [3.63, 3.8) is 0 Å². The van der Waals surface area contributed by atoms with Gasteiger partial charge in [-0.3, -0.25) is 0 Å². The number of carboxylic acid groups (broad SMARTS) is 2. The Balaban J connectivity index is 0.000000469. The van der Waals surface area contributed by atoms with Crippen LogP contribution in [0, 0.1) is 0 Å². The van der Waals surface area contributed by atoms with Crippen molar-refractivity contribution in [2.75, 3.05) is 20.7 Å². The standard InChI is InChI=1S/C21H22ClNO.C2H2O4/c1-23(2)20(17-9-5-10-18(22)15-17)13-14-24-21-12-6-8-16-7-3-4-11-19(16)21;3-1(4)2(5)6/h3-12,15,20H,13-14H2,1-2H3;(H,3,4)(H,5,6). The van der Waals surface area contributed by atoms with Crippen LogP contribution < -0.4 is 4.74 Å². The topological polar surface area (TPSA) is 87.1 Å². The first-order valence-corrected chi connectivity index (χ1v) is 9.66. The van der Waals surface area contributed by atoms with Gasteiger partial charge >= 0.3 is 11.9 Å². The Kier molecular flexibility index (Phi) is 8.65. The first kappa shape index (κ1) is 23.2. The van der Waals surface area contributed by atoms with E-state index in [9.17, 15) is 0 Å². The molecular weight excluding hydrogens is 406 g/mol. The molecule has 1 unspecified atom stereocenters. The molecule has 0 fully saturated rings. The van der Waals surface area contributed by atoms with Gasteiger partial charge in [0.15, 0.2) is 0 Å². The highest BCUT2D eigenvalue weighted by atomic mass is 35.5. The van der Waals surface area contributed by atoms with Gasteiger partial charge in [0.25, 0.3) is 0 Å². The van der Waals surface area contributed by atoms with E-state index in [0.717, 1.165) is 22.6 Å². The Labute approximate surface area is 180 Å². The smallest absolute Gasteiger partial charge is 0.414 e. The molecule has 30 heavy (non-hydrogen) atoms. The van der Waals surface area contributed by atoms with Crippen LogP contribution in [0.3, 0.4) is 0 Å². The number of aliphatic carboxylic acids is 2. The van der Waals surface area contributed by atoms with Crippen molar-refractivity contribution < 1.29 is 24.5 Å². The summed E-state index contributed by atoms with van der Waals surface area (Å²) in [5.41, 5.74) is 1.22. The molecule has 0 heterocycles. The fourth-order valence-corrected chi connectivity index (χ4v) is 3.24. The summed E-state index contributed by atoms with van der Waals surface area (Å²) in [6.45, 7) is 0.656. The second-order valence-electron chi connectivity index (χ2n) is 6.76. The van der Waals surface area contributed by atoms with Gasteiger partial charge < -0.3 is 19.8 Å². The van der Waals surface area contributed by atoms with Gasteiger partial charge in [-0.05, 0) is 43.2 Å². The summed E-state index contributed by atoms with van der Waals surface area (Å²) in [4.78, 5) is 20.4. The molecule has 0 saturated heterocycles. The average molecular weight is 430 g/mol. The Morgan fingerprint density at radius 1 is 0.967 bits per heavy atom. The number of ether oxygens (including phenoxy) is 1. The van der Waals surface area contributed by atoms with Crippen molar-refractivity contribution in [1.82, 2.24) is 4.90 Å². The highest BCUT2D eigenvalue weighted by Gasteiger charge is 2.15. The van der Waals surface area contributed by atoms with Crippen molar-refractivity contribution in [1.29, 1.82) is 0 Å². The maximum absolute atomic E-state index is 9.10. The number of carbonyl (C=O) groups is 2. The third kappa shape index (κ3) is 6.76. The zero-order valence-electron chi connectivity index (χ0n) is 16.8. The number of hydrogen-bond acceptors (Lipinski definition) is 4. The lowest BCUT2D eigenvalue weighted by molar-refractivity contribution is -0.159. The van der Waals surface area contributed by atoms with Gasteiger partial charge in [-0.2, -0.15) is 0 Å². The van der Waals surface area contributed by atoms with Crippen LogP contribution in [-0.4, -0.2) is 47.8 Å². The summed E-state index contributed by atoms with van der Waals surface area (Å²) >= 11 is 6.14. The predicted molar refractivity (Wildman–Crippen MR) is 117 cm³/mol. The van der Waals surface area contributed by atoms with E-state index in [-0.39, 0.29) is 6.04 Å². The molecule has 3 rings (SSSR count). The minimum atomic E-state index is -1.82. The first-order chi connectivity index (χ1) is 14.3. The molecule has 0 bridgehead atoms. The minimum absolute atomic E-state index is 0.277. The second kappa shape index (κ2) is 11.2. The summed E-state index contributed by atoms with van der Waals surface area (Å²) in [5.74, 6) is -2.71. The predicted octanol–water partition coefficient (Wildman–Crippen LogP) is 4.72. The van der Waals surface area contributed by atoms with Gasteiger partial charge in [-0.15, -0.1) is 0 Å². The molecular formula is C23H24ClNO5. The Morgan fingerprint density at radius 2 is 1.60 bits per heavy atom. The van der Waals surface area contributed by atoms with Crippen LogP contribution in [0.5, 0.6) is 5.75 Å². The molecule has 0 amide bonds. The van der Waals surface area contributed by atoms with Crippen LogP contribution >= 0.6 is 11.6 Å². The number of rotatable bonds is 6. The van der Waals surface area contributed by atoms with Crippen LogP contribution in [0.2, 0.25) is 5.02 Å². The average Bonchev–Trinajstić information content (AvgIpc) is 2.71. The van der Waals surface area contributed by atoms with Gasteiger partial charge in [0.2, 0.25) is 0 Å². The number of fused-ring (bicyclic) bond motifs is 1. The van der Waals surface area contributed by atoms with Crippen LogP contribution in [-0.2, 0) is 9.59 Å². The summed E-state index contributed by atoms with van der Waals surface area (Å²) in [7, 11) is 4.17. The fourth-order valence-electron chi connectivity index (χ4n) is 3.04. The van der Waals surface area contributed by atoms with Gasteiger partial charge in [0, 0.05) is 22.9 Å². The van der Waals surface area contributed by atoms with Crippen LogP contribution in [0.4, 0.5) is 0 Å². The van der Waals surface area contributed by atoms with E-state index >= 15 is 0 Å². The number of hydrogen-bond donors (Lipinski definition) is 2. The van der Waals surface area contributed by atoms with Crippen molar-refractivity contribution in [2.45, 2.75) is 12.5 Å². The number of benzene rings is 3. The molecule has 0 aliphatic carbocycles. The zero-order valence-corrected chi connectivity index (χ0v) is 17.5. The van der Waals surface area contributed by atoms with E-state index in [1.165, 1.54) is 10.9 Å². The lowest BCUT2D eigenvalue weighted by atomic mass is 10.0. The molecule has 1 atom stereocenters. The number of nitrogens with zero attached hydrogens (tertiary/aromatic N) is 1. The minimum Gasteiger partial charge on any atom is -0.493 e. The molecule has 2 N–H and O–H groups in total. The fraction of sp³-hybridized carbons (Fsp3) is 0.217. The number of carboxylic acids is 2. The zero-order chi connectivity index (χ0) is 22.1. The quantitative estimate of drug-likeness (QED) is 0.551. The van der Waals surface area contributed by atoms with Crippen molar-refractivity contribution in [2.24, 2.45) is 0 Å². The van der Waals surface area contributed by atoms with Gasteiger partial charge in [0.05, 0.1) is 6.61 Å². The molecule has 0 radical (unpaired) electrons. The molecule has 0 spiro atoms. The normalized spacial score (nSPS) is 11.5. The third-order valence-electron chi connectivity index (χ3n) is 4.44. The molecule has 3 aromatic carbocycles. The van der Waals surface area contributed by atoms with Crippen molar-refractivity contribution in [3.05, 3.63) is 77.3 Å². The summed E-state index contributed by atoms with van der Waals surface area (Å²) in [5, 5.41) is 17.9. The summed E-state index contributed by atoms with van der Waals surface area (Å²) in [6, 6.07) is 22.8. The lowest BCUT2D eigenvalue weighted by Gasteiger charge is -2.25. The molecule has 3 aromatic rings. The number of halogens is 1. The Morgan fingerprint density at radius 3 is 2.23 bits per heavy atom. The van der Waals surface area contributed by atoms with E-state index < -0.39 is 11.9 Å². The van der Waals surface area contributed by atoms with Crippen LogP contribution in [0.1, 0.15) is 18.0 Å². The monoisotopic (exact) mass is 429 g/mol. The Bertz CT molecular complexity index is 988. The molecule has 0 saturated carbocycles. The molecule has 0 aromatic heterocycles. The summed E-state index contributed by atoms with van der Waals surface area (Å²) in [6.07, 6.45) is 0.899. The van der Waals surface area contributed by atoms with Gasteiger partial charge in [0.1, 0.15) is 5.75 Å². The van der Waals surface area contributed by atoms with Gasteiger partial charge in [-0.1, -0.05) is 60.1 Å². The van der Waals surface area contributed by atoms with E-state index in [1.54, 1.807) is 0 Å². The highest BCUT2D eigenvalue weighted by molar-refractivity contribution is 6.30. The largest absolute Gasteiger partial charge is 0.493 e. The van der Waals surface area contributed by atoms with Crippen molar-refractivity contribution >= 4 is 34.3 Å². The van der Waals surface area contributed by atoms with Gasteiger partial charge in [-0.25, -0.2) is 9.59 Å². The van der Waals surface area contributed by atoms with Crippen molar-refractivity contribution in [3.8, 4) is 5.75 Å². The summed E-state index contributed by atoms with van der Waals surface area (Å²) < 4.78 is 6.09. The molecule has 158 valence electrons. The highest BCUT2D eigenvalue weighted by Crippen LogP contribution is 2.28.